The molecule has 0 aromatic heterocycles. The summed E-state index contributed by atoms with van der Waals surface area (Å²) in [5.74, 6) is 1.96. The van der Waals surface area contributed by atoms with Gasteiger partial charge >= 0.3 is 0 Å². The number of hydrogen-bond donors (Lipinski definition) is 1. The van der Waals surface area contributed by atoms with Gasteiger partial charge in [-0.2, -0.15) is 0 Å². The summed E-state index contributed by atoms with van der Waals surface area (Å²) in [6, 6.07) is 15.4. The number of hydrogen-bond acceptors (Lipinski definition) is 4. The molecule has 5 nitrogen and oxygen atoms in total. The monoisotopic (exact) mass is 397 g/mol. The normalized spacial score (nSPS) is 21.6. The first kappa shape index (κ1) is 21.2. The zero-order chi connectivity index (χ0) is 20.9. The lowest BCUT2D eigenvalue weighted by atomic mass is 9.68. The molecule has 2 atom stereocenters. The number of carbonyl (C=O) groups excluding carboxylic acids is 1. The molecular weight excluding hydrogens is 366 g/mol. The molecule has 1 saturated heterocycles. The Balaban J connectivity index is 1.87. The van der Waals surface area contributed by atoms with E-state index in [2.05, 4.69) is 25.2 Å². The lowest BCUT2D eigenvalue weighted by Gasteiger charge is -2.43. The second kappa shape index (κ2) is 9.31. The third-order valence-electron chi connectivity index (χ3n) is 5.80. The summed E-state index contributed by atoms with van der Waals surface area (Å²) in [6.45, 7) is 4.97. The Bertz CT molecular complexity index is 818. The van der Waals surface area contributed by atoms with E-state index >= 15 is 0 Å². The minimum atomic E-state index is -0.323. The molecule has 1 amide bonds. The van der Waals surface area contributed by atoms with E-state index in [9.17, 15) is 4.79 Å². The van der Waals surface area contributed by atoms with E-state index < -0.39 is 0 Å². The van der Waals surface area contributed by atoms with Gasteiger partial charge in [0.2, 0.25) is 5.91 Å². The van der Waals surface area contributed by atoms with Crippen LogP contribution in [-0.4, -0.2) is 32.8 Å². The molecule has 1 aliphatic rings. The Morgan fingerprint density at radius 1 is 1.14 bits per heavy atom. The highest BCUT2D eigenvalue weighted by atomic mass is 16.5. The highest BCUT2D eigenvalue weighted by Crippen LogP contribution is 2.45. The van der Waals surface area contributed by atoms with Crippen LogP contribution in [0.25, 0.3) is 0 Å². The molecule has 0 spiro atoms. The molecule has 1 heterocycles. The highest BCUT2D eigenvalue weighted by molar-refractivity contribution is 5.91. The standard InChI is InChI=1S/C24H31NO4/c1-17(2)22-15-24(13-14-29-22,20-7-5-6-8-21(20)28-4)16-23(26)25-18-9-11-19(27-3)12-10-18/h5-12,17,22H,13-16H2,1-4H3,(H,25,26)/t22-,24-/m1/s1. The van der Waals surface area contributed by atoms with Gasteiger partial charge in [-0.25, -0.2) is 0 Å². The van der Waals surface area contributed by atoms with Crippen molar-refractivity contribution in [1.82, 2.24) is 0 Å². The van der Waals surface area contributed by atoms with Crippen molar-refractivity contribution in [3.8, 4) is 11.5 Å². The maximum Gasteiger partial charge on any atom is 0.225 e. The fourth-order valence-electron chi connectivity index (χ4n) is 4.15. The van der Waals surface area contributed by atoms with E-state index in [1.165, 1.54) is 0 Å². The van der Waals surface area contributed by atoms with Crippen LogP contribution in [0.15, 0.2) is 48.5 Å². The van der Waals surface area contributed by atoms with Crippen molar-refractivity contribution in [3.05, 3.63) is 54.1 Å². The minimum absolute atomic E-state index is 0.00882. The van der Waals surface area contributed by atoms with Crippen molar-refractivity contribution >= 4 is 11.6 Å². The summed E-state index contributed by atoms with van der Waals surface area (Å²) >= 11 is 0. The number of methoxy groups -OCH3 is 2. The molecular formula is C24H31NO4. The van der Waals surface area contributed by atoms with E-state index in [0.717, 1.165) is 35.6 Å². The maximum absolute atomic E-state index is 13.1. The minimum Gasteiger partial charge on any atom is -0.497 e. The maximum atomic E-state index is 13.1. The van der Waals surface area contributed by atoms with Gasteiger partial charge in [-0.3, -0.25) is 4.79 Å². The molecule has 0 aliphatic carbocycles. The molecule has 2 aromatic carbocycles. The molecule has 5 heteroatoms. The summed E-state index contributed by atoms with van der Waals surface area (Å²) in [4.78, 5) is 13.1. The van der Waals surface area contributed by atoms with Gasteiger partial charge in [0, 0.05) is 29.7 Å². The van der Waals surface area contributed by atoms with E-state index in [1.807, 2.05) is 42.5 Å². The SMILES string of the molecule is COc1ccc(NC(=O)C[C@@]2(c3ccccc3OC)CCO[C@@H](C(C)C)C2)cc1. The van der Waals surface area contributed by atoms with Gasteiger partial charge in [-0.15, -0.1) is 0 Å². The summed E-state index contributed by atoms with van der Waals surface area (Å²) in [5, 5.41) is 3.04. The lowest BCUT2D eigenvalue weighted by Crippen LogP contribution is -2.43. The Morgan fingerprint density at radius 3 is 2.52 bits per heavy atom. The number of benzene rings is 2. The number of ether oxygens (including phenoxy) is 3. The summed E-state index contributed by atoms with van der Waals surface area (Å²) < 4.78 is 16.9. The Hall–Kier alpha value is -2.53. The molecule has 3 rings (SSSR count). The van der Waals surface area contributed by atoms with Crippen LogP contribution in [-0.2, 0) is 14.9 Å². The van der Waals surface area contributed by atoms with Crippen LogP contribution in [0.2, 0.25) is 0 Å². The zero-order valence-corrected chi connectivity index (χ0v) is 17.7. The fourth-order valence-corrected chi connectivity index (χ4v) is 4.15. The molecule has 156 valence electrons. The van der Waals surface area contributed by atoms with E-state index in [4.69, 9.17) is 14.2 Å². The van der Waals surface area contributed by atoms with E-state index in [-0.39, 0.29) is 17.4 Å². The van der Waals surface area contributed by atoms with Gasteiger partial charge in [-0.1, -0.05) is 32.0 Å². The van der Waals surface area contributed by atoms with Crippen LogP contribution in [0.5, 0.6) is 11.5 Å². The van der Waals surface area contributed by atoms with Gasteiger partial charge in [0.15, 0.2) is 0 Å². The van der Waals surface area contributed by atoms with Crippen molar-refractivity contribution in [2.24, 2.45) is 5.92 Å². The first-order valence-electron chi connectivity index (χ1n) is 10.2. The van der Waals surface area contributed by atoms with Crippen LogP contribution in [0.4, 0.5) is 5.69 Å². The van der Waals surface area contributed by atoms with Gasteiger partial charge in [0.05, 0.1) is 20.3 Å². The average molecular weight is 398 g/mol. The third kappa shape index (κ3) is 4.91. The van der Waals surface area contributed by atoms with Gasteiger partial charge in [0.25, 0.3) is 0 Å². The van der Waals surface area contributed by atoms with Crippen LogP contribution in [0.1, 0.15) is 38.7 Å². The van der Waals surface area contributed by atoms with Gasteiger partial charge in [0.1, 0.15) is 11.5 Å². The number of anilines is 1. The predicted molar refractivity (Wildman–Crippen MR) is 115 cm³/mol. The molecule has 1 aliphatic heterocycles. The first-order valence-corrected chi connectivity index (χ1v) is 10.2. The molecule has 0 unspecified atom stereocenters. The zero-order valence-electron chi connectivity index (χ0n) is 17.7. The van der Waals surface area contributed by atoms with Crippen molar-refractivity contribution < 1.29 is 19.0 Å². The number of rotatable bonds is 7. The number of carbonyl (C=O) groups is 1. The Kier molecular flexibility index (Phi) is 6.80. The van der Waals surface area contributed by atoms with Crippen LogP contribution < -0.4 is 14.8 Å². The number of nitrogens with one attached hydrogen (secondary N) is 1. The smallest absolute Gasteiger partial charge is 0.225 e. The quantitative estimate of drug-likeness (QED) is 0.729. The van der Waals surface area contributed by atoms with E-state index in [1.54, 1.807) is 14.2 Å². The van der Waals surface area contributed by atoms with Crippen molar-refractivity contribution in [1.29, 1.82) is 0 Å². The topological polar surface area (TPSA) is 56.8 Å². The molecule has 29 heavy (non-hydrogen) atoms. The van der Waals surface area contributed by atoms with Gasteiger partial charge in [-0.05, 0) is 49.1 Å². The average Bonchev–Trinajstić information content (AvgIpc) is 2.74. The van der Waals surface area contributed by atoms with Crippen LogP contribution >= 0.6 is 0 Å². The largest absolute Gasteiger partial charge is 0.497 e. The fraction of sp³-hybridized carbons (Fsp3) is 0.458. The summed E-state index contributed by atoms with van der Waals surface area (Å²) in [5.41, 5.74) is 1.52. The second-order valence-corrected chi connectivity index (χ2v) is 8.04. The number of para-hydroxylation sites is 1. The highest BCUT2D eigenvalue weighted by Gasteiger charge is 2.42. The second-order valence-electron chi connectivity index (χ2n) is 8.04. The van der Waals surface area contributed by atoms with Crippen LogP contribution in [0.3, 0.4) is 0 Å². The molecule has 1 fully saturated rings. The van der Waals surface area contributed by atoms with Crippen molar-refractivity contribution in [3.63, 3.8) is 0 Å². The summed E-state index contributed by atoms with van der Waals surface area (Å²) in [6.07, 6.45) is 2.07. The van der Waals surface area contributed by atoms with Gasteiger partial charge < -0.3 is 19.5 Å². The molecule has 1 N–H and O–H groups in total. The molecule has 0 bridgehead atoms. The molecule has 0 radical (unpaired) electrons. The first-order chi connectivity index (χ1) is 14.0. The molecule has 0 saturated carbocycles. The number of amides is 1. The predicted octanol–water partition coefficient (Wildman–Crippen LogP) is 4.81. The Morgan fingerprint density at radius 2 is 1.86 bits per heavy atom. The Labute approximate surface area is 173 Å². The van der Waals surface area contributed by atoms with Crippen molar-refractivity contribution in [2.45, 2.75) is 44.6 Å². The van der Waals surface area contributed by atoms with Crippen LogP contribution in [0, 0.1) is 5.92 Å². The third-order valence-corrected chi connectivity index (χ3v) is 5.80. The molecule has 2 aromatic rings. The van der Waals surface area contributed by atoms with Crippen molar-refractivity contribution in [2.75, 3.05) is 26.1 Å². The van der Waals surface area contributed by atoms with E-state index in [0.29, 0.717) is 18.9 Å². The lowest BCUT2D eigenvalue weighted by molar-refractivity contribution is -0.119. The summed E-state index contributed by atoms with van der Waals surface area (Å²) in [7, 11) is 3.31.